The van der Waals surface area contributed by atoms with E-state index in [1.807, 2.05) is 18.2 Å². The molecule has 0 radical (unpaired) electrons. The van der Waals surface area contributed by atoms with Gasteiger partial charge >= 0.3 is 0 Å². The molecular weight excluding hydrogens is 570 g/mol. The van der Waals surface area contributed by atoms with Crippen molar-refractivity contribution in [2.75, 3.05) is 0 Å². The van der Waals surface area contributed by atoms with Crippen molar-refractivity contribution in [1.29, 1.82) is 0 Å². The highest BCUT2D eigenvalue weighted by Crippen LogP contribution is 2.34. The van der Waals surface area contributed by atoms with Gasteiger partial charge in [0.25, 0.3) is 0 Å². The van der Waals surface area contributed by atoms with Gasteiger partial charge in [0.15, 0.2) is 0 Å². The number of ether oxygens (including phenoxy) is 2. The molecule has 0 aliphatic heterocycles. The van der Waals surface area contributed by atoms with Gasteiger partial charge in [-0.25, -0.2) is 0 Å². The molecule has 0 saturated carbocycles. The summed E-state index contributed by atoms with van der Waals surface area (Å²) in [5.74, 6) is 1.30. The second-order valence-corrected chi connectivity index (χ2v) is 10.7. The molecule has 0 unspecified atom stereocenters. The van der Waals surface area contributed by atoms with Crippen LogP contribution in [0.4, 0.5) is 0 Å². The van der Waals surface area contributed by atoms with E-state index in [0.29, 0.717) is 30.3 Å². The Bertz CT molecular complexity index is 1250. The summed E-state index contributed by atoms with van der Waals surface area (Å²) in [7, 11) is 0. The van der Waals surface area contributed by atoms with Gasteiger partial charge in [-0.15, -0.1) is 0 Å². The summed E-state index contributed by atoms with van der Waals surface area (Å²) in [5.41, 5.74) is 12.8. The molecule has 6 heteroatoms. The Morgan fingerprint density at radius 1 is 0.686 bits per heavy atom. The number of rotatable bonds is 7. The van der Waals surface area contributed by atoms with E-state index >= 15 is 0 Å². The topological polar surface area (TPSA) is 51.0 Å². The minimum atomic E-state index is 0.408. The van der Waals surface area contributed by atoms with Gasteiger partial charge in [0.05, 0.1) is 6.21 Å². The molecule has 0 heterocycles. The van der Waals surface area contributed by atoms with Crippen LogP contribution in [0.1, 0.15) is 61.2 Å². The Morgan fingerprint density at radius 3 is 1.54 bits per heavy atom. The van der Waals surface area contributed by atoms with Crippen LogP contribution in [0, 0.1) is 55.4 Å². The highest BCUT2D eigenvalue weighted by atomic mass is 79.9. The van der Waals surface area contributed by atoms with Gasteiger partial charge < -0.3 is 14.7 Å². The Hall–Kier alpha value is -2.31. The van der Waals surface area contributed by atoms with Gasteiger partial charge in [-0.05, 0) is 123 Å². The Kier molecular flexibility index (Phi) is 8.71. The van der Waals surface area contributed by atoms with Gasteiger partial charge in [0, 0.05) is 20.6 Å². The quantitative estimate of drug-likeness (QED) is 0.167. The summed E-state index contributed by atoms with van der Waals surface area (Å²) in [5, 5.41) is 12.4. The lowest BCUT2D eigenvalue weighted by Gasteiger charge is -2.20. The maximum Gasteiger partial charge on any atom is 0.132 e. The van der Waals surface area contributed by atoms with Crippen LogP contribution in [-0.2, 0) is 13.2 Å². The summed E-state index contributed by atoms with van der Waals surface area (Å²) < 4.78 is 14.8. The van der Waals surface area contributed by atoms with E-state index in [1.54, 1.807) is 0 Å². The van der Waals surface area contributed by atoms with Crippen LogP contribution in [0.2, 0.25) is 0 Å². The highest BCUT2D eigenvalue weighted by molar-refractivity contribution is 9.10. The third-order valence-corrected chi connectivity index (χ3v) is 9.69. The summed E-state index contributed by atoms with van der Waals surface area (Å²) in [6.45, 7) is 17.9. The Balaban J connectivity index is 1.90. The zero-order chi connectivity index (χ0) is 26.0. The van der Waals surface area contributed by atoms with Crippen molar-refractivity contribution in [3.05, 3.63) is 88.3 Å². The van der Waals surface area contributed by atoms with Crippen molar-refractivity contribution in [3.63, 3.8) is 0 Å². The molecule has 0 amide bonds. The van der Waals surface area contributed by atoms with E-state index in [2.05, 4.69) is 92.4 Å². The zero-order valence-electron chi connectivity index (χ0n) is 21.7. The SMILES string of the molecule is Cc1c(C)c(COc2ccc(C=NO)c(OCc3c(C)c(C)c(Br)c(C)c3C)c2)c(C)c(C)c1Br. The van der Waals surface area contributed by atoms with Crippen LogP contribution in [0.25, 0.3) is 0 Å². The zero-order valence-corrected chi connectivity index (χ0v) is 24.9. The molecule has 0 spiro atoms. The average Bonchev–Trinajstić information content (AvgIpc) is 2.85. The second kappa shape index (κ2) is 11.2. The predicted molar refractivity (Wildman–Crippen MR) is 151 cm³/mol. The van der Waals surface area contributed by atoms with Gasteiger partial charge in [-0.2, -0.15) is 0 Å². The number of hydrogen-bond donors (Lipinski definition) is 1. The minimum absolute atomic E-state index is 0.408. The maximum atomic E-state index is 9.15. The number of nitrogens with zero attached hydrogens (tertiary/aromatic N) is 1. The molecule has 0 aliphatic carbocycles. The van der Waals surface area contributed by atoms with Gasteiger partial charge in [-0.3, -0.25) is 0 Å². The highest BCUT2D eigenvalue weighted by Gasteiger charge is 2.16. The van der Waals surface area contributed by atoms with E-state index in [4.69, 9.17) is 14.7 Å². The number of halogens is 2. The smallest absolute Gasteiger partial charge is 0.132 e. The first-order valence-electron chi connectivity index (χ1n) is 11.6. The molecule has 3 rings (SSSR count). The average molecular weight is 603 g/mol. The maximum absolute atomic E-state index is 9.15. The summed E-state index contributed by atoms with van der Waals surface area (Å²) in [4.78, 5) is 0. The van der Waals surface area contributed by atoms with Crippen LogP contribution >= 0.6 is 31.9 Å². The van der Waals surface area contributed by atoms with Crippen LogP contribution in [0.15, 0.2) is 32.3 Å². The molecule has 0 bridgehead atoms. The lowest BCUT2D eigenvalue weighted by atomic mass is 9.94. The molecule has 186 valence electrons. The normalized spacial score (nSPS) is 11.4. The van der Waals surface area contributed by atoms with Crippen LogP contribution in [0.5, 0.6) is 11.5 Å². The van der Waals surface area contributed by atoms with Crippen molar-refractivity contribution < 1.29 is 14.7 Å². The molecule has 1 N–H and O–H groups in total. The standard InChI is InChI=1S/C29H33Br2NO3/c1-15-19(5)28(30)20(6)16(2)25(15)13-34-24-10-9-23(12-32-33)27(11-24)35-14-26-17(3)21(7)29(31)22(8)18(26)4/h9-12,33H,13-14H2,1-8H3. The molecule has 3 aromatic rings. The summed E-state index contributed by atoms with van der Waals surface area (Å²) in [6.07, 6.45) is 1.38. The summed E-state index contributed by atoms with van der Waals surface area (Å²) in [6, 6.07) is 5.58. The van der Waals surface area contributed by atoms with Crippen LogP contribution < -0.4 is 9.47 Å². The molecule has 0 saturated heterocycles. The van der Waals surface area contributed by atoms with Crippen molar-refractivity contribution in [1.82, 2.24) is 0 Å². The van der Waals surface area contributed by atoms with E-state index < -0.39 is 0 Å². The van der Waals surface area contributed by atoms with Gasteiger partial charge in [0.1, 0.15) is 24.7 Å². The Labute approximate surface area is 225 Å². The minimum Gasteiger partial charge on any atom is -0.489 e. The first kappa shape index (κ1) is 27.3. The van der Waals surface area contributed by atoms with Crippen molar-refractivity contribution in [3.8, 4) is 11.5 Å². The van der Waals surface area contributed by atoms with E-state index in [9.17, 15) is 0 Å². The second-order valence-electron chi connectivity index (χ2n) is 9.11. The van der Waals surface area contributed by atoms with Gasteiger partial charge in [-0.1, -0.05) is 37.0 Å². The largest absolute Gasteiger partial charge is 0.489 e. The fourth-order valence-electron chi connectivity index (χ4n) is 4.33. The third kappa shape index (κ3) is 5.44. The van der Waals surface area contributed by atoms with Crippen molar-refractivity contribution >= 4 is 38.1 Å². The molecule has 4 nitrogen and oxygen atoms in total. The number of benzene rings is 3. The molecule has 35 heavy (non-hydrogen) atoms. The lowest BCUT2D eigenvalue weighted by molar-refractivity contribution is 0.287. The van der Waals surface area contributed by atoms with E-state index in [0.717, 1.165) is 14.5 Å². The van der Waals surface area contributed by atoms with Crippen LogP contribution in [-0.4, -0.2) is 11.4 Å². The Morgan fingerprint density at radius 2 is 1.11 bits per heavy atom. The molecule has 0 aromatic heterocycles. The van der Waals surface area contributed by atoms with Crippen molar-refractivity contribution in [2.24, 2.45) is 5.16 Å². The lowest BCUT2D eigenvalue weighted by Crippen LogP contribution is -2.07. The fraction of sp³-hybridized carbons (Fsp3) is 0.345. The fourth-order valence-corrected chi connectivity index (χ4v) is 5.52. The van der Waals surface area contributed by atoms with Crippen LogP contribution in [0.3, 0.4) is 0 Å². The molecular formula is C29H33Br2NO3. The molecule has 0 atom stereocenters. The monoisotopic (exact) mass is 601 g/mol. The molecule has 0 fully saturated rings. The first-order chi connectivity index (χ1) is 16.5. The number of oxime groups is 1. The molecule has 0 aliphatic rings. The first-order valence-corrected chi connectivity index (χ1v) is 13.1. The third-order valence-electron chi connectivity index (χ3n) is 7.31. The molecule has 3 aromatic carbocycles. The van der Waals surface area contributed by atoms with E-state index in [-0.39, 0.29) is 0 Å². The summed E-state index contributed by atoms with van der Waals surface area (Å²) >= 11 is 7.42. The number of hydrogen-bond acceptors (Lipinski definition) is 4. The van der Waals surface area contributed by atoms with Gasteiger partial charge in [0.2, 0.25) is 0 Å². The van der Waals surface area contributed by atoms with Crippen molar-refractivity contribution in [2.45, 2.75) is 68.6 Å². The van der Waals surface area contributed by atoms with E-state index in [1.165, 1.54) is 56.3 Å². The predicted octanol–water partition coefficient (Wildman–Crippen LogP) is 8.65.